The predicted octanol–water partition coefficient (Wildman–Crippen LogP) is 4.70. The molecular formula is C27H26N2O4. The van der Waals surface area contributed by atoms with E-state index in [9.17, 15) is 4.79 Å². The Hall–Kier alpha value is -3.38. The summed E-state index contributed by atoms with van der Waals surface area (Å²) in [4.78, 5) is 20.8. The largest absolute Gasteiger partial charge is 0.454 e. The number of amides is 1. The molecule has 0 radical (unpaired) electrons. The third-order valence-electron chi connectivity index (χ3n) is 6.96. The Kier molecular flexibility index (Phi) is 5.03. The van der Waals surface area contributed by atoms with Crippen molar-refractivity contribution in [2.24, 2.45) is 0 Å². The highest BCUT2D eigenvalue weighted by Gasteiger charge is 2.31. The van der Waals surface area contributed by atoms with Crippen LogP contribution in [0.1, 0.15) is 46.4 Å². The van der Waals surface area contributed by atoms with Crippen LogP contribution >= 0.6 is 0 Å². The number of likely N-dealkylation sites (tertiary alicyclic amines) is 1. The van der Waals surface area contributed by atoms with E-state index in [1.54, 1.807) is 7.11 Å². The van der Waals surface area contributed by atoms with Crippen molar-refractivity contribution >= 4 is 28.5 Å². The zero-order valence-electron chi connectivity index (χ0n) is 18.7. The van der Waals surface area contributed by atoms with Crippen molar-refractivity contribution in [1.82, 2.24) is 9.88 Å². The van der Waals surface area contributed by atoms with Crippen LogP contribution in [-0.2, 0) is 11.2 Å². The first-order chi connectivity index (χ1) is 16.2. The maximum absolute atomic E-state index is 13.8. The zero-order chi connectivity index (χ0) is 22.4. The van der Waals surface area contributed by atoms with Crippen molar-refractivity contribution in [3.63, 3.8) is 0 Å². The lowest BCUT2D eigenvalue weighted by Crippen LogP contribution is -2.41. The molecule has 0 unspecified atom stereocenters. The average Bonchev–Trinajstić information content (AvgIpc) is 3.49. The van der Waals surface area contributed by atoms with Gasteiger partial charge in [0, 0.05) is 25.6 Å². The lowest BCUT2D eigenvalue weighted by molar-refractivity contribution is 0.0351. The number of piperidine rings is 1. The number of hydrogen-bond acceptors (Lipinski definition) is 5. The van der Waals surface area contributed by atoms with Crippen LogP contribution in [0.4, 0.5) is 0 Å². The molecule has 3 aromatic rings. The molecule has 6 nitrogen and oxygen atoms in total. The molecule has 0 bridgehead atoms. The second kappa shape index (κ2) is 8.19. The van der Waals surface area contributed by atoms with E-state index in [1.165, 1.54) is 0 Å². The van der Waals surface area contributed by atoms with Gasteiger partial charge in [-0.3, -0.25) is 4.79 Å². The van der Waals surface area contributed by atoms with Gasteiger partial charge in [-0.05, 0) is 66.7 Å². The Balaban J connectivity index is 1.41. The van der Waals surface area contributed by atoms with Crippen LogP contribution in [0.15, 0.2) is 42.5 Å². The lowest BCUT2D eigenvalue weighted by Gasteiger charge is -2.32. The lowest BCUT2D eigenvalue weighted by atomic mass is 9.98. The fraction of sp³-hybridized carbons (Fsp3) is 0.333. The van der Waals surface area contributed by atoms with Gasteiger partial charge in [0.25, 0.3) is 5.91 Å². The first-order valence-corrected chi connectivity index (χ1v) is 11.6. The number of carbonyl (C=O) groups is 1. The van der Waals surface area contributed by atoms with Crippen LogP contribution in [0.3, 0.4) is 0 Å². The van der Waals surface area contributed by atoms with Crippen molar-refractivity contribution in [3.05, 3.63) is 64.8 Å². The van der Waals surface area contributed by atoms with Gasteiger partial charge in [-0.15, -0.1) is 0 Å². The molecule has 2 aromatic carbocycles. The Morgan fingerprint density at radius 2 is 1.91 bits per heavy atom. The predicted molar refractivity (Wildman–Crippen MR) is 126 cm³/mol. The number of allylic oxidation sites excluding steroid dienone is 1. The van der Waals surface area contributed by atoms with E-state index in [0.717, 1.165) is 89.1 Å². The van der Waals surface area contributed by atoms with E-state index in [-0.39, 0.29) is 18.8 Å². The molecule has 168 valence electrons. The van der Waals surface area contributed by atoms with Gasteiger partial charge in [0.1, 0.15) is 0 Å². The van der Waals surface area contributed by atoms with Gasteiger partial charge in [0.15, 0.2) is 11.5 Å². The number of rotatable bonds is 3. The van der Waals surface area contributed by atoms with Crippen molar-refractivity contribution < 1.29 is 19.0 Å². The molecular weight excluding hydrogens is 416 g/mol. The van der Waals surface area contributed by atoms with E-state index >= 15 is 0 Å². The van der Waals surface area contributed by atoms with Crippen molar-refractivity contribution in [1.29, 1.82) is 0 Å². The average molecular weight is 443 g/mol. The van der Waals surface area contributed by atoms with Gasteiger partial charge >= 0.3 is 0 Å². The Morgan fingerprint density at radius 1 is 1.09 bits per heavy atom. The van der Waals surface area contributed by atoms with E-state index in [4.69, 9.17) is 19.2 Å². The summed E-state index contributed by atoms with van der Waals surface area (Å²) < 4.78 is 16.5. The van der Waals surface area contributed by atoms with Crippen LogP contribution < -0.4 is 9.47 Å². The summed E-state index contributed by atoms with van der Waals surface area (Å²) in [5, 5.41) is 0.944. The Labute approximate surface area is 192 Å². The highest BCUT2D eigenvalue weighted by molar-refractivity contribution is 6.09. The molecule has 3 heterocycles. The van der Waals surface area contributed by atoms with E-state index in [1.807, 2.05) is 47.4 Å². The van der Waals surface area contributed by atoms with Gasteiger partial charge in [0.05, 0.1) is 22.9 Å². The van der Waals surface area contributed by atoms with Crippen LogP contribution in [0.2, 0.25) is 0 Å². The fourth-order valence-corrected chi connectivity index (χ4v) is 5.18. The first-order valence-electron chi connectivity index (χ1n) is 11.6. The molecule has 0 spiro atoms. The maximum atomic E-state index is 13.8. The molecule has 1 fully saturated rings. The van der Waals surface area contributed by atoms with Gasteiger partial charge in [-0.2, -0.15) is 0 Å². The number of ether oxygens (including phenoxy) is 3. The molecule has 2 aliphatic heterocycles. The normalized spacial score (nSPS) is 18.8. The number of nitrogens with zero attached hydrogens (tertiary/aromatic N) is 2. The van der Waals surface area contributed by atoms with Crippen LogP contribution in [0.5, 0.6) is 11.5 Å². The second-order valence-electron chi connectivity index (χ2n) is 8.84. The summed E-state index contributed by atoms with van der Waals surface area (Å²) in [6.07, 6.45) is 5.84. The molecule has 1 aromatic heterocycles. The number of hydrogen-bond donors (Lipinski definition) is 0. The summed E-state index contributed by atoms with van der Waals surface area (Å²) >= 11 is 0. The van der Waals surface area contributed by atoms with Crippen LogP contribution in [-0.4, -0.2) is 48.9 Å². The minimum absolute atomic E-state index is 0.115. The van der Waals surface area contributed by atoms with Gasteiger partial charge in [-0.25, -0.2) is 4.98 Å². The second-order valence-corrected chi connectivity index (χ2v) is 8.84. The minimum Gasteiger partial charge on any atom is -0.454 e. The molecule has 0 N–H and O–H groups in total. The van der Waals surface area contributed by atoms with E-state index in [2.05, 4.69) is 6.08 Å². The molecule has 1 saturated heterocycles. The third-order valence-corrected chi connectivity index (χ3v) is 6.96. The fourth-order valence-electron chi connectivity index (χ4n) is 5.18. The summed E-state index contributed by atoms with van der Waals surface area (Å²) in [5.41, 5.74) is 5.90. The van der Waals surface area contributed by atoms with Gasteiger partial charge < -0.3 is 19.1 Å². The summed E-state index contributed by atoms with van der Waals surface area (Å²) in [5.74, 6) is 1.66. The monoisotopic (exact) mass is 442 g/mol. The number of methoxy groups -OCH3 is 1. The standard InChI is InChI=1S/C27H26N2O4/c1-31-19-10-12-29(13-11-19)27(30)25-20-4-2-3-5-22(20)28-26-18(7-8-21(25)26)14-17-6-9-23-24(15-17)33-16-32-23/h2-6,9,14-15,19H,7-8,10-13,16H2,1H3/b18-14-. The summed E-state index contributed by atoms with van der Waals surface area (Å²) in [6, 6.07) is 14.0. The highest BCUT2D eigenvalue weighted by Crippen LogP contribution is 2.39. The Morgan fingerprint density at radius 3 is 2.76 bits per heavy atom. The number of benzene rings is 2. The number of pyridine rings is 1. The maximum Gasteiger partial charge on any atom is 0.254 e. The number of aromatic nitrogens is 1. The summed E-state index contributed by atoms with van der Waals surface area (Å²) in [6.45, 7) is 1.71. The highest BCUT2D eigenvalue weighted by atomic mass is 16.7. The number of carbonyl (C=O) groups excluding carboxylic acids is 1. The van der Waals surface area contributed by atoms with E-state index in [0.29, 0.717) is 0 Å². The molecule has 0 saturated carbocycles. The zero-order valence-corrected chi connectivity index (χ0v) is 18.7. The van der Waals surface area contributed by atoms with Crippen molar-refractivity contribution in [2.75, 3.05) is 27.0 Å². The number of fused-ring (bicyclic) bond motifs is 3. The molecule has 6 heteroatoms. The third kappa shape index (κ3) is 3.55. The van der Waals surface area contributed by atoms with Crippen molar-refractivity contribution in [2.45, 2.75) is 31.8 Å². The van der Waals surface area contributed by atoms with E-state index < -0.39 is 0 Å². The quantitative estimate of drug-likeness (QED) is 0.588. The molecule has 0 atom stereocenters. The first kappa shape index (κ1) is 20.2. The van der Waals surface area contributed by atoms with Gasteiger partial charge in [0.2, 0.25) is 6.79 Å². The summed E-state index contributed by atoms with van der Waals surface area (Å²) in [7, 11) is 1.75. The molecule has 1 amide bonds. The topological polar surface area (TPSA) is 60.9 Å². The molecule has 3 aliphatic rings. The van der Waals surface area contributed by atoms with Crippen molar-refractivity contribution in [3.8, 4) is 11.5 Å². The minimum atomic E-state index is 0.115. The molecule has 6 rings (SSSR count). The van der Waals surface area contributed by atoms with Gasteiger partial charge in [-0.1, -0.05) is 24.3 Å². The number of para-hydroxylation sites is 1. The smallest absolute Gasteiger partial charge is 0.254 e. The molecule has 1 aliphatic carbocycles. The Bertz CT molecular complexity index is 1270. The SMILES string of the molecule is COC1CCN(C(=O)c2c3c(nc4ccccc24)/C(=C\c2ccc4c(c2)OCO4)CC3)CC1. The molecule has 33 heavy (non-hydrogen) atoms. The van der Waals surface area contributed by atoms with Crippen LogP contribution in [0, 0.1) is 0 Å². The van der Waals surface area contributed by atoms with Crippen LogP contribution in [0.25, 0.3) is 22.6 Å².